The van der Waals surface area contributed by atoms with Crippen molar-refractivity contribution in [3.8, 4) is 0 Å². The number of hydrogen-bond donors (Lipinski definition) is 0. The molecule has 0 N–H and O–H groups in total. The summed E-state index contributed by atoms with van der Waals surface area (Å²) >= 11 is 6.27. The molecule has 0 saturated heterocycles. The number of halogens is 1. The lowest BCUT2D eigenvalue weighted by Gasteiger charge is -2.25. The first-order valence-electron chi connectivity index (χ1n) is 5.35. The Bertz CT molecular complexity index is 258. The van der Waals surface area contributed by atoms with E-state index in [0.29, 0.717) is 11.8 Å². The third kappa shape index (κ3) is 2.86. The zero-order valence-electron chi connectivity index (χ0n) is 9.20. The van der Waals surface area contributed by atoms with Gasteiger partial charge in [-0.15, -0.1) is 11.6 Å². The second-order valence-corrected chi connectivity index (χ2v) is 5.50. The SMILES string of the molecule is CC(Cl)C(c1ccccc1)C(C)C[SiH3]. The minimum Gasteiger partial charge on any atom is -0.123 e. The molecule has 0 aromatic heterocycles. The van der Waals surface area contributed by atoms with E-state index in [1.807, 2.05) is 0 Å². The Hall–Kier alpha value is -0.273. The summed E-state index contributed by atoms with van der Waals surface area (Å²) in [6.07, 6.45) is 0. The molecular weight excluding hydrogens is 208 g/mol. The molecule has 1 rings (SSSR count). The summed E-state index contributed by atoms with van der Waals surface area (Å²) in [7, 11) is 1.26. The van der Waals surface area contributed by atoms with Crippen molar-refractivity contribution in [1.82, 2.24) is 0 Å². The smallest absolute Gasteiger partial charge is 0.0378 e. The van der Waals surface area contributed by atoms with Gasteiger partial charge in [-0.2, -0.15) is 0 Å². The van der Waals surface area contributed by atoms with Crippen molar-refractivity contribution >= 4 is 21.8 Å². The molecule has 0 saturated carbocycles. The van der Waals surface area contributed by atoms with Crippen LogP contribution in [0.25, 0.3) is 0 Å². The average molecular weight is 227 g/mol. The van der Waals surface area contributed by atoms with Crippen molar-refractivity contribution in [3.05, 3.63) is 35.9 Å². The quantitative estimate of drug-likeness (QED) is 0.547. The summed E-state index contributed by atoms with van der Waals surface area (Å²) in [6, 6.07) is 12.0. The normalized spacial score (nSPS) is 17.6. The van der Waals surface area contributed by atoms with Gasteiger partial charge < -0.3 is 0 Å². The van der Waals surface area contributed by atoms with Crippen LogP contribution in [0.1, 0.15) is 25.3 Å². The Morgan fingerprint density at radius 2 is 1.79 bits per heavy atom. The van der Waals surface area contributed by atoms with E-state index in [2.05, 4.69) is 44.2 Å². The zero-order valence-corrected chi connectivity index (χ0v) is 12.0. The van der Waals surface area contributed by atoms with Crippen LogP contribution in [-0.4, -0.2) is 15.6 Å². The molecule has 3 unspecified atom stereocenters. The molecule has 2 heteroatoms. The van der Waals surface area contributed by atoms with E-state index in [-0.39, 0.29) is 5.38 Å². The van der Waals surface area contributed by atoms with Crippen LogP contribution < -0.4 is 0 Å². The van der Waals surface area contributed by atoms with Gasteiger partial charge >= 0.3 is 0 Å². The number of rotatable bonds is 4. The number of hydrogen-bond acceptors (Lipinski definition) is 0. The van der Waals surface area contributed by atoms with Crippen molar-refractivity contribution in [1.29, 1.82) is 0 Å². The Morgan fingerprint density at radius 1 is 1.21 bits per heavy atom. The maximum absolute atomic E-state index is 6.27. The predicted octanol–water partition coefficient (Wildman–Crippen LogP) is 2.82. The van der Waals surface area contributed by atoms with Crippen LogP contribution in [0.15, 0.2) is 30.3 Å². The van der Waals surface area contributed by atoms with E-state index in [4.69, 9.17) is 11.6 Å². The van der Waals surface area contributed by atoms with E-state index >= 15 is 0 Å². The van der Waals surface area contributed by atoms with Gasteiger partial charge in [-0.25, -0.2) is 0 Å². The summed E-state index contributed by atoms with van der Waals surface area (Å²) in [4.78, 5) is 0. The number of alkyl halides is 1. The van der Waals surface area contributed by atoms with Gasteiger partial charge in [0.1, 0.15) is 0 Å². The van der Waals surface area contributed by atoms with Crippen LogP contribution in [0.5, 0.6) is 0 Å². The van der Waals surface area contributed by atoms with Gasteiger partial charge in [-0.1, -0.05) is 43.3 Å². The Labute approximate surface area is 95.1 Å². The highest BCUT2D eigenvalue weighted by Crippen LogP contribution is 2.32. The fraction of sp³-hybridized carbons (Fsp3) is 0.500. The van der Waals surface area contributed by atoms with Gasteiger partial charge in [-0.3, -0.25) is 0 Å². The van der Waals surface area contributed by atoms with E-state index in [9.17, 15) is 0 Å². The molecule has 0 aliphatic carbocycles. The molecule has 78 valence electrons. The van der Waals surface area contributed by atoms with Crippen molar-refractivity contribution in [2.24, 2.45) is 5.92 Å². The van der Waals surface area contributed by atoms with Gasteiger partial charge in [0, 0.05) is 21.5 Å². The molecule has 0 bridgehead atoms. The third-order valence-electron chi connectivity index (χ3n) is 2.94. The van der Waals surface area contributed by atoms with Crippen molar-refractivity contribution < 1.29 is 0 Å². The number of benzene rings is 1. The highest BCUT2D eigenvalue weighted by atomic mass is 35.5. The molecule has 0 aliphatic heterocycles. The molecule has 0 nitrogen and oxygen atoms in total. The first-order valence-corrected chi connectivity index (χ1v) is 7.20. The third-order valence-corrected chi connectivity index (χ3v) is 4.50. The first kappa shape index (κ1) is 11.8. The summed E-state index contributed by atoms with van der Waals surface area (Å²) in [5.74, 6) is 1.21. The molecule has 3 atom stereocenters. The van der Waals surface area contributed by atoms with Crippen LogP contribution >= 0.6 is 11.6 Å². The lowest BCUT2D eigenvalue weighted by atomic mass is 9.86. The Morgan fingerprint density at radius 3 is 2.21 bits per heavy atom. The molecule has 0 aliphatic rings. The molecule has 1 aromatic carbocycles. The lowest BCUT2D eigenvalue weighted by molar-refractivity contribution is 0.490. The molecular formula is C12H19ClSi. The standard InChI is InChI=1S/C12H19ClSi/c1-9(8-14)12(10(2)13)11-6-4-3-5-7-11/h3-7,9-10,12H,8H2,1-2,14H3. The monoisotopic (exact) mass is 226 g/mol. The van der Waals surface area contributed by atoms with E-state index in [0.717, 1.165) is 0 Å². The summed E-state index contributed by atoms with van der Waals surface area (Å²) in [6.45, 7) is 4.41. The maximum Gasteiger partial charge on any atom is 0.0378 e. The minimum absolute atomic E-state index is 0.223. The van der Waals surface area contributed by atoms with Crippen LogP contribution in [0.2, 0.25) is 6.04 Å². The van der Waals surface area contributed by atoms with Crippen LogP contribution in [0.3, 0.4) is 0 Å². The van der Waals surface area contributed by atoms with Crippen LogP contribution in [-0.2, 0) is 0 Å². The van der Waals surface area contributed by atoms with Crippen molar-refractivity contribution in [3.63, 3.8) is 0 Å². The van der Waals surface area contributed by atoms with Gasteiger partial charge in [0.2, 0.25) is 0 Å². The van der Waals surface area contributed by atoms with Gasteiger partial charge in [0.15, 0.2) is 0 Å². The highest BCUT2D eigenvalue weighted by Gasteiger charge is 2.22. The Balaban J connectivity index is 2.89. The predicted molar refractivity (Wildman–Crippen MR) is 68.4 cm³/mol. The highest BCUT2D eigenvalue weighted by molar-refractivity contribution is 6.21. The van der Waals surface area contributed by atoms with Gasteiger partial charge in [-0.05, 0) is 18.4 Å². The summed E-state index contributed by atoms with van der Waals surface area (Å²) < 4.78 is 0. The topological polar surface area (TPSA) is 0 Å². The molecule has 14 heavy (non-hydrogen) atoms. The van der Waals surface area contributed by atoms with Gasteiger partial charge in [0.25, 0.3) is 0 Å². The molecule has 0 spiro atoms. The van der Waals surface area contributed by atoms with E-state index in [1.165, 1.54) is 21.9 Å². The second-order valence-electron chi connectivity index (χ2n) is 4.00. The second kappa shape index (κ2) is 5.57. The maximum atomic E-state index is 6.27. The average Bonchev–Trinajstić information content (AvgIpc) is 2.19. The fourth-order valence-electron chi connectivity index (χ4n) is 1.98. The lowest BCUT2D eigenvalue weighted by Crippen LogP contribution is -2.17. The molecule has 0 radical (unpaired) electrons. The largest absolute Gasteiger partial charge is 0.123 e. The zero-order chi connectivity index (χ0) is 10.6. The summed E-state index contributed by atoms with van der Waals surface area (Å²) in [5, 5.41) is 0.223. The molecule has 0 fully saturated rings. The molecule has 0 heterocycles. The first-order chi connectivity index (χ1) is 6.66. The molecule has 1 aromatic rings. The fourth-order valence-corrected chi connectivity index (χ4v) is 2.88. The van der Waals surface area contributed by atoms with Crippen molar-refractivity contribution in [2.45, 2.75) is 31.2 Å². The minimum atomic E-state index is 0.223. The Kier molecular flexibility index (Phi) is 4.69. The van der Waals surface area contributed by atoms with Crippen molar-refractivity contribution in [2.75, 3.05) is 0 Å². The van der Waals surface area contributed by atoms with Crippen LogP contribution in [0, 0.1) is 5.92 Å². The molecule has 0 amide bonds. The van der Waals surface area contributed by atoms with Crippen LogP contribution in [0.4, 0.5) is 0 Å². The van der Waals surface area contributed by atoms with E-state index < -0.39 is 0 Å². The summed E-state index contributed by atoms with van der Waals surface area (Å²) in [5.41, 5.74) is 1.39. The van der Waals surface area contributed by atoms with Gasteiger partial charge in [0.05, 0.1) is 0 Å². The van der Waals surface area contributed by atoms with E-state index in [1.54, 1.807) is 0 Å².